The second kappa shape index (κ2) is 7.29. The number of carbonyl (C=O) groups excluding carboxylic acids is 3. The molecular formula is C16H21N3O5. The summed E-state index contributed by atoms with van der Waals surface area (Å²) in [5, 5.41) is 0. The van der Waals surface area contributed by atoms with Crippen molar-refractivity contribution in [2.24, 2.45) is 5.73 Å². The topological polar surface area (TPSA) is 135 Å². The van der Waals surface area contributed by atoms with E-state index in [0.29, 0.717) is 18.5 Å². The van der Waals surface area contributed by atoms with Crippen molar-refractivity contribution in [3.63, 3.8) is 0 Å². The molecule has 4 N–H and O–H groups in total. The van der Waals surface area contributed by atoms with E-state index in [2.05, 4.69) is 4.98 Å². The number of primary amides is 1. The second-order valence-electron chi connectivity index (χ2n) is 5.85. The van der Waals surface area contributed by atoms with Gasteiger partial charge in [-0.3, -0.25) is 14.6 Å². The smallest absolute Gasteiger partial charge is 0.354 e. The molecule has 130 valence electrons. The zero-order valence-electron chi connectivity index (χ0n) is 13.5. The Labute approximate surface area is 139 Å². The highest BCUT2D eigenvalue weighted by Gasteiger charge is 2.44. The van der Waals surface area contributed by atoms with Gasteiger partial charge in [0.1, 0.15) is 0 Å². The highest BCUT2D eigenvalue weighted by molar-refractivity contribution is 5.88. The maximum atomic E-state index is 12.6. The van der Waals surface area contributed by atoms with E-state index in [9.17, 15) is 14.4 Å². The maximum Gasteiger partial charge on any atom is 0.354 e. The molecule has 0 aromatic carbocycles. The third-order valence-electron chi connectivity index (χ3n) is 3.98. The lowest BCUT2D eigenvalue weighted by Crippen LogP contribution is -2.50. The first-order valence-corrected chi connectivity index (χ1v) is 7.75. The van der Waals surface area contributed by atoms with Gasteiger partial charge in [-0.25, -0.2) is 4.79 Å². The van der Waals surface area contributed by atoms with Crippen LogP contribution in [0.5, 0.6) is 0 Å². The molecule has 8 heteroatoms. The average Bonchev–Trinajstić information content (AvgIpc) is 2.54. The molecule has 1 atom stereocenters. The lowest BCUT2D eigenvalue weighted by Gasteiger charge is -2.34. The number of carbonyl (C=O) groups is 3. The van der Waals surface area contributed by atoms with Crippen LogP contribution in [0.1, 0.15) is 50.8 Å². The second-order valence-corrected chi connectivity index (χ2v) is 5.85. The molecule has 24 heavy (non-hydrogen) atoms. The van der Waals surface area contributed by atoms with E-state index < -0.39 is 29.6 Å². The number of ether oxygens (including phenoxy) is 2. The molecule has 0 spiro atoms. The number of esters is 2. The Morgan fingerprint density at radius 1 is 1.21 bits per heavy atom. The van der Waals surface area contributed by atoms with Crippen LogP contribution in [0.3, 0.4) is 0 Å². The Hall–Kier alpha value is -2.64. The monoisotopic (exact) mass is 335 g/mol. The molecule has 2 rings (SSSR count). The number of pyridine rings is 1. The molecule has 1 aliphatic carbocycles. The molecule has 1 fully saturated rings. The van der Waals surface area contributed by atoms with E-state index in [1.54, 1.807) is 0 Å². The van der Waals surface area contributed by atoms with Crippen LogP contribution in [0.25, 0.3) is 0 Å². The minimum absolute atomic E-state index is 0.167. The molecule has 1 aromatic rings. The van der Waals surface area contributed by atoms with Crippen molar-refractivity contribution in [2.75, 3.05) is 5.73 Å². The van der Waals surface area contributed by atoms with Crippen molar-refractivity contribution in [2.45, 2.75) is 50.7 Å². The van der Waals surface area contributed by atoms with Gasteiger partial charge in [-0.15, -0.1) is 0 Å². The van der Waals surface area contributed by atoms with Crippen LogP contribution in [-0.4, -0.2) is 28.4 Å². The van der Waals surface area contributed by atoms with Gasteiger partial charge in [0, 0.05) is 6.92 Å². The molecule has 1 aromatic heterocycles. The van der Waals surface area contributed by atoms with Gasteiger partial charge in [-0.1, -0.05) is 6.42 Å². The summed E-state index contributed by atoms with van der Waals surface area (Å²) in [6.45, 7) is 1.17. The van der Waals surface area contributed by atoms with Gasteiger partial charge in [-0.2, -0.15) is 0 Å². The van der Waals surface area contributed by atoms with Crippen LogP contribution in [0, 0.1) is 0 Å². The largest absolute Gasteiger partial charge is 0.446 e. The standard InChI is InChI=1S/C16H21N3O5/c1-10(20)23-13(12-6-5-11(17)9-19-12)14(21)24-16(15(18)22)7-3-2-4-8-16/h5-6,9,13H,2-4,7-8,17H2,1H3,(H2,18,22). The molecule has 0 bridgehead atoms. The highest BCUT2D eigenvalue weighted by Crippen LogP contribution is 2.33. The molecule has 0 aliphatic heterocycles. The van der Waals surface area contributed by atoms with Crippen LogP contribution >= 0.6 is 0 Å². The quantitative estimate of drug-likeness (QED) is 0.766. The molecule has 0 radical (unpaired) electrons. The first-order valence-electron chi connectivity index (χ1n) is 7.75. The highest BCUT2D eigenvalue weighted by atomic mass is 16.6. The number of hydrogen-bond acceptors (Lipinski definition) is 7. The van der Waals surface area contributed by atoms with Gasteiger partial charge < -0.3 is 20.9 Å². The Morgan fingerprint density at radius 3 is 2.38 bits per heavy atom. The van der Waals surface area contributed by atoms with Crippen LogP contribution in [0.2, 0.25) is 0 Å². The summed E-state index contributed by atoms with van der Waals surface area (Å²) >= 11 is 0. The van der Waals surface area contributed by atoms with Crippen molar-refractivity contribution in [3.05, 3.63) is 24.0 Å². The lowest BCUT2D eigenvalue weighted by atomic mass is 9.84. The number of hydrogen-bond donors (Lipinski definition) is 2. The van der Waals surface area contributed by atoms with Crippen LogP contribution in [0.4, 0.5) is 5.69 Å². The van der Waals surface area contributed by atoms with Gasteiger partial charge in [0.2, 0.25) is 6.10 Å². The van der Waals surface area contributed by atoms with E-state index in [4.69, 9.17) is 20.9 Å². The molecular weight excluding hydrogens is 314 g/mol. The van der Waals surface area contributed by atoms with Crippen LogP contribution in [-0.2, 0) is 23.9 Å². The predicted octanol–water partition coefficient (Wildman–Crippen LogP) is 0.999. The summed E-state index contributed by atoms with van der Waals surface area (Å²) in [6.07, 6.45) is 3.08. The SMILES string of the molecule is CC(=O)OC(C(=O)OC1(C(N)=O)CCCCC1)c1ccc(N)cn1. The van der Waals surface area contributed by atoms with Gasteiger partial charge in [-0.05, 0) is 37.8 Å². The summed E-state index contributed by atoms with van der Waals surface area (Å²) in [5.41, 5.74) is 10.2. The van der Waals surface area contributed by atoms with Gasteiger partial charge in [0.15, 0.2) is 5.60 Å². The predicted molar refractivity (Wildman–Crippen MR) is 84.3 cm³/mol. The fourth-order valence-corrected chi connectivity index (χ4v) is 2.73. The summed E-state index contributed by atoms with van der Waals surface area (Å²) in [5.74, 6) is -2.24. The number of aromatic nitrogens is 1. The van der Waals surface area contributed by atoms with E-state index >= 15 is 0 Å². The van der Waals surface area contributed by atoms with Crippen molar-refractivity contribution < 1.29 is 23.9 Å². The number of anilines is 1. The molecule has 0 saturated heterocycles. The van der Waals surface area contributed by atoms with Crippen molar-refractivity contribution in [1.82, 2.24) is 4.98 Å². The van der Waals surface area contributed by atoms with Gasteiger partial charge >= 0.3 is 11.9 Å². The summed E-state index contributed by atoms with van der Waals surface area (Å²) in [7, 11) is 0. The Morgan fingerprint density at radius 2 is 1.88 bits per heavy atom. The van der Waals surface area contributed by atoms with E-state index in [0.717, 1.165) is 19.3 Å². The number of amides is 1. The zero-order chi connectivity index (χ0) is 17.7. The molecule has 1 unspecified atom stereocenters. The number of nitrogen functional groups attached to an aromatic ring is 1. The van der Waals surface area contributed by atoms with Crippen molar-refractivity contribution in [3.8, 4) is 0 Å². The summed E-state index contributed by atoms with van der Waals surface area (Å²) in [4.78, 5) is 39.7. The third-order valence-corrected chi connectivity index (χ3v) is 3.98. The number of nitrogens with zero attached hydrogens (tertiary/aromatic N) is 1. The van der Waals surface area contributed by atoms with E-state index in [1.807, 2.05) is 0 Å². The fraction of sp³-hybridized carbons (Fsp3) is 0.500. The fourth-order valence-electron chi connectivity index (χ4n) is 2.73. The third kappa shape index (κ3) is 4.01. The summed E-state index contributed by atoms with van der Waals surface area (Å²) < 4.78 is 10.5. The molecule has 1 amide bonds. The minimum atomic E-state index is -1.37. The lowest BCUT2D eigenvalue weighted by molar-refractivity contribution is -0.185. The molecule has 8 nitrogen and oxygen atoms in total. The minimum Gasteiger partial charge on any atom is -0.446 e. The zero-order valence-corrected chi connectivity index (χ0v) is 13.5. The first kappa shape index (κ1) is 17.7. The molecule has 1 aliphatic rings. The Balaban J connectivity index is 2.25. The van der Waals surface area contributed by atoms with E-state index in [1.165, 1.54) is 25.3 Å². The molecule has 1 heterocycles. The maximum absolute atomic E-state index is 12.6. The Bertz CT molecular complexity index is 623. The summed E-state index contributed by atoms with van der Waals surface area (Å²) in [6, 6.07) is 2.98. The first-order chi connectivity index (χ1) is 11.3. The van der Waals surface area contributed by atoms with Crippen molar-refractivity contribution in [1.29, 1.82) is 0 Å². The number of rotatable bonds is 5. The van der Waals surface area contributed by atoms with Gasteiger partial charge in [0.25, 0.3) is 5.91 Å². The van der Waals surface area contributed by atoms with Crippen molar-refractivity contribution >= 4 is 23.5 Å². The van der Waals surface area contributed by atoms with Crippen LogP contribution in [0.15, 0.2) is 18.3 Å². The van der Waals surface area contributed by atoms with Gasteiger partial charge in [0.05, 0.1) is 17.6 Å². The van der Waals surface area contributed by atoms with E-state index in [-0.39, 0.29) is 5.69 Å². The number of nitrogens with two attached hydrogens (primary N) is 2. The average molecular weight is 335 g/mol. The molecule has 1 saturated carbocycles. The normalized spacial score (nSPS) is 17.5. The van der Waals surface area contributed by atoms with Crippen LogP contribution < -0.4 is 11.5 Å². The Kier molecular flexibility index (Phi) is 5.38.